The summed E-state index contributed by atoms with van der Waals surface area (Å²) in [5.41, 5.74) is 1.24. The molecule has 0 aromatic heterocycles. The van der Waals surface area contributed by atoms with Gasteiger partial charge in [0.2, 0.25) is 10.0 Å². The van der Waals surface area contributed by atoms with Crippen molar-refractivity contribution in [3.05, 3.63) is 59.7 Å². The number of carboxylic acid groups (broad SMARTS) is 1. The Kier molecular flexibility index (Phi) is 7.78. The fourth-order valence-electron chi connectivity index (χ4n) is 2.42. The number of carbonyl (C=O) groups is 1. The number of sulfonamides is 1. The first kappa shape index (κ1) is 20.9. The van der Waals surface area contributed by atoms with E-state index in [1.165, 1.54) is 18.2 Å². The van der Waals surface area contributed by atoms with Gasteiger partial charge in [-0.1, -0.05) is 30.3 Å². The SMILES string of the molecule is CCOCCCNS(=O)(=O)c1cc(C(=O)O)ccc1NCc1ccccc1. The Hall–Kier alpha value is -2.42. The number of aromatic carboxylic acids is 1. The topological polar surface area (TPSA) is 105 Å². The lowest BCUT2D eigenvalue weighted by Crippen LogP contribution is -2.26. The van der Waals surface area contributed by atoms with Gasteiger partial charge in [0.05, 0.1) is 11.3 Å². The van der Waals surface area contributed by atoms with Crippen molar-refractivity contribution in [1.82, 2.24) is 4.72 Å². The minimum Gasteiger partial charge on any atom is -0.478 e. The molecule has 146 valence electrons. The number of nitrogens with one attached hydrogen (secondary N) is 2. The molecule has 0 heterocycles. The summed E-state index contributed by atoms with van der Waals surface area (Å²) in [6, 6.07) is 13.5. The van der Waals surface area contributed by atoms with Gasteiger partial charge in [0.1, 0.15) is 4.90 Å². The van der Waals surface area contributed by atoms with Crippen LogP contribution >= 0.6 is 0 Å². The molecule has 2 aromatic rings. The molecular formula is C19H24N2O5S. The van der Waals surface area contributed by atoms with E-state index in [-0.39, 0.29) is 17.0 Å². The van der Waals surface area contributed by atoms with Crippen LogP contribution in [0.4, 0.5) is 5.69 Å². The summed E-state index contributed by atoms with van der Waals surface area (Å²) in [6.45, 7) is 3.51. The molecule has 0 aliphatic carbocycles. The first-order chi connectivity index (χ1) is 12.9. The summed E-state index contributed by atoms with van der Waals surface area (Å²) in [4.78, 5) is 11.2. The smallest absolute Gasteiger partial charge is 0.335 e. The van der Waals surface area contributed by atoms with Gasteiger partial charge in [-0.25, -0.2) is 17.9 Å². The quantitative estimate of drug-likeness (QED) is 0.508. The molecule has 0 bridgehead atoms. The lowest BCUT2D eigenvalue weighted by molar-refractivity contribution is 0.0696. The van der Waals surface area contributed by atoms with Crippen LogP contribution in [-0.2, 0) is 21.3 Å². The summed E-state index contributed by atoms with van der Waals surface area (Å²) in [5, 5.41) is 12.3. The third kappa shape index (κ3) is 6.35. The van der Waals surface area contributed by atoms with Crippen molar-refractivity contribution >= 4 is 21.7 Å². The number of ether oxygens (including phenoxy) is 1. The summed E-state index contributed by atoms with van der Waals surface area (Å²) in [5.74, 6) is -1.18. The molecule has 7 nitrogen and oxygen atoms in total. The first-order valence-corrected chi connectivity index (χ1v) is 10.1. The maximum atomic E-state index is 12.7. The zero-order chi connectivity index (χ0) is 19.7. The zero-order valence-corrected chi connectivity index (χ0v) is 16.0. The van der Waals surface area contributed by atoms with Crippen LogP contribution in [0.1, 0.15) is 29.3 Å². The highest BCUT2D eigenvalue weighted by Gasteiger charge is 2.20. The van der Waals surface area contributed by atoms with Gasteiger partial charge in [-0.05, 0) is 37.1 Å². The number of benzene rings is 2. The van der Waals surface area contributed by atoms with Crippen molar-refractivity contribution in [2.24, 2.45) is 0 Å². The predicted octanol–water partition coefficient (Wildman–Crippen LogP) is 2.70. The Bertz CT molecular complexity index is 854. The Balaban J connectivity index is 2.19. The molecule has 0 saturated heterocycles. The van der Waals surface area contributed by atoms with Crippen LogP contribution in [0.3, 0.4) is 0 Å². The van der Waals surface area contributed by atoms with E-state index in [1.54, 1.807) is 0 Å². The molecule has 0 fully saturated rings. The van der Waals surface area contributed by atoms with E-state index >= 15 is 0 Å². The van der Waals surface area contributed by atoms with Crippen molar-refractivity contribution < 1.29 is 23.1 Å². The maximum absolute atomic E-state index is 12.7. The molecule has 0 radical (unpaired) electrons. The molecule has 0 unspecified atom stereocenters. The van der Waals surface area contributed by atoms with Crippen LogP contribution in [0, 0.1) is 0 Å². The van der Waals surface area contributed by atoms with E-state index in [1.807, 2.05) is 37.3 Å². The van der Waals surface area contributed by atoms with Gasteiger partial charge in [0.15, 0.2) is 0 Å². The molecule has 0 aliphatic heterocycles. The van der Waals surface area contributed by atoms with Crippen LogP contribution in [0.15, 0.2) is 53.4 Å². The molecule has 0 saturated carbocycles. The lowest BCUT2D eigenvalue weighted by Gasteiger charge is -2.14. The lowest BCUT2D eigenvalue weighted by atomic mass is 10.2. The van der Waals surface area contributed by atoms with Crippen molar-refractivity contribution in [1.29, 1.82) is 0 Å². The Morgan fingerprint density at radius 1 is 1.15 bits per heavy atom. The summed E-state index contributed by atoms with van der Waals surface area (Å²) < 4.78 is 33.1. The number of hydrogen-bond acceptors (Lipinski definition) is 5. The number of hydrogen-bond donors (Lipinski definition) is 3. The van der Waals surface area contributed by atoms with E-state index in [2.05, 4.69) is 10.0 Å². The molecule has 27 heavy (non-hydrogen) atoms. The molecule has 3 N–H and O–H groups in total. The maximum Gasteiger partial charge on any atom is 0.335 e. The highest BCUT2D eigenvalue weighted by molar-refractivity contribution is 7.89. The fraction of sp³-hybridized carbons (Fsp3) is 0.316. The summed E-state index contributed by atoms with van der Waals surface area (Å²) in [7, 11) is -3.87. The molecular weight excluding hydrogens is 368 g/mol. The number of anilines is 1. The van der Waals surface area contributed by atoms with Gasteiger partial charge in [-0.2, -0.15) is 0 Å². The Morgan fingerprint density at radius 3 is 2.56 bits per heavy atom. The Labute approximate surface area is 159 Å². The van der Waals surface area contributed by atoms with E-state index in [4.69, 9.17) is 4.74 Å². The number of carboxylic acids is 1. The molecule has 8 heteroatoms. The zero-order valence-electron chi connectivity index (χ0n) is 15.1. The fourth-order valence-corrected chi connectivity index (χ4v) is 3.70. The van der Waals surface area contributed by atoms with Crippen LogP contribution in [0.2, 0.25) is 0 Å². The second kappa shape index (κ2) is 10.1. The van der Waals surface area contributed by atoms with Crippen LogP contribution in [0.25, 0.3) is 0 Å². The van der Waals surface area contributed by atoms with Gasteiger partial charge in [-0.3, -0.25) is 0 Å². The summed E-state index contributed by atoms with van der Waals surface area (Å²) >= 11 is 0. The van der Waals surface area contributed by atoms with E-state index in [9.17, 15) is 18.3 Å². The molecule has 2 aromatic carbocycles. The largest absolute Gasteiger partial charge is 0.478 e. The van der Waals surface area contributed by atoms with Gasteiger partial charge in [-0.15, -0.1) is 0 Å². The van der Waals surface area contributed by atoms with Gasteiger partial charge in [0, 0.05) is 26.3 Å². The highest BCUT2D eigenvalue weighted by atomic mass is 32.2. The third-order valence-corrected chi connectivity index (χ3v) is 5.31. The average Bonchev–Trinajstić information content (AvgIpc) is 2.66. The van der Waals surface area contributed by atoms with Gasteiger partial charge < -0.3 is 15.2 Å². The first-order valence-electron chi connectivity index (χ1n) is 8.66. The van der Waals surface area contributed by atoms with Crippen molar-refractivity contribution in [2.45, 2.75) is 24.8 Å². The predicted molar refractivity (Wildman–Crippen MR) is 103 cm³/mol. The van der Waals surface area contributed by atoms with E-state index < -0.39 is 16.0 Å². The van der Waals surface area contributed by atoms with Crippen LogP contribution < -0.4 is 10.0 Å². The molecule has 0 amide bonds. The van der Waals surface area contributed by atoms with Crippen LogP contribution in [0.5, 0.6) is 0 Å². The second-order valence-electron chi connectivity index (χ2n) is 5.80. The normalized spacial score (nSPS) is 11.3. The minimum absolute atomic E-state index is 0.0880. The van der Waals surface area contributed by atoms with E-state index in [0.29, 0.717) is 31.9 Å². The van der Waals surface area contributed by atoms with Crippen molar-refractivity contribution in [3.8, 4) is 0 Å². The molecule has 2 rings (SSSR count). The minimum atomic E-state index is -3.87. The average molecular weight is 392 g/mol. The molecule has 0 atom stereocenters. The molecule has 0 aliphatic rings. The molecule has 0 spiro atoms. The van der Waals surface area contributed by atoms with Crippen molar-refractivity contribution in [2.75, 3.05) is 25.1 Å². The third-order valence-electron chi connectivity index (χ3n) is 3.81. The van der Waals surface area contributed by atoms with Crippen LogP contribution in [-0.4, -0.2) is 39.3 Å². The van der Waals surface area contributed by atoms with Gasteiger partial charge >= 0.3 is 5.97 Å². The number of rotatable bonds is 11. The highest BCUT2D eigenvalue weighted by Crippen LogP contribution is 2.23. The standard InChI is InChI=1S/C19H24N2O5S/c1-2-26-12-6-11-21-27(24,25)18-13-16(19(22)23)9-10-17(18)20-14-15-7-4-3-5-8-15/h3-5,7-10,13,20-21H,2,6,11-12,14H2,1H3,(H,22,23). The van der Waals surface area contributed by atoms with Gasteiger partial charge in [0.25, 0.3) is 0 Å². The summed E-state index contributed by atoms with van der Waals surface area (Å²) in [6.07, 6.45) is 0.526. The Morgan fingerprint density at radius 2 is 1.89 bits per heavy atom. The monoisotopic (exact) mass is 392 g/mol. The van der Waals surface area contributed by atoms with Crippen molar-refractivity contribution in [3.63, 3.8) is 0 Å². The van der Waals surface area contributed by atoms with E-state index in [0.717, 1.165) is 5.56 Å². The second-order valence-corrected chi connectivity index (χ2v) is 7.54.